The zero-order chi connectivity index (χ0) is 20.0. The summed E-state index contributed by atoms with van der Waals surface area (Å²) in [6.45, 7) is 0. The second-order valence-corrected chi connectivity index (χ2v) is 6.72. The van der Waals surface area contributed by atoms with E-state index in [1.807, 2.05) is 0 Å². The van der Waals surface area contributed by atoms with Crippen molar-refractivity contribution >= 4 is 35.9 Å². The Labute approximate surface area is 166 Å². The van der Waals surface area contributed by atoms with Crippen LogP contribution < -0.4 is 15.6 Å². The first-order valence-corrected chi connectivity index (χ1v) is 8.81. The predicted octanol–water partition coefficient (Wildman–Crippen LogP) is 3.12. The minimum absolute atomic E-state index is 0.0583. The molecule has 4 rings (SSSR count). The van der Waals surface area contributed by atoms with E-state index in [2.05, 4.69) is 25.3 Å². The van der Waals surface area contributed by atoms with E-state index in [1.54, 1.807) is 19.2 Å². The number of fused-ring (bicyclic) bond motifs is 2. The highest BCUT2D eigenvalue weighted by Gasteiger charge is 2.35. The van der Waals surface area contributed by atoms with E-state index < -0.39 is 16.4 Å². The average molecular weight is 416 g/mol. The van der Waals surface area contributed by atoms with E-state index >= 15 is 0 Å². The highest BCUT2D eigenvalue weighted by Crippen LogP contribution is 2.46. The summed E-state index contributed by atoms with van der Waals surface area (Å²) in [6, 6.07) is 5.93. The molecule has 3 heterocycles. The Kier molecular flexibility index (Phi) is 4.28. The van der Waals surface area contributed by atoms with Crippen molar-refractivity contribution in [1.29, 1.82) is 0 Å². The van der Waals surface area contributed by atoms with Crippen LogP contribution in [-0.2, 0) is 0 Å². The van der Waals surface area contributed by atoms with Gasteiger partial charge in [0.1, 0.15) is 5.82 Å². The summed E-state index contributed by atoms with van der Waals surface area (Å²) in [5.74, 6) is 0.253. The van der Waals surface area contributed by atoms with Crippen molar-refractivity contribution in [2.24, 2.45) is 0 Å². The lowest BCUT2D eigenvalue weighted by molar-refractivity contribution is -0.384. The maximum atomic E-state index is 12.7. The van der Waals surface area contributed by atoms with Gasteiger partial charge in [0, 0.05) is 19.2 Å². The van der Waals surface area contributed by atoms with Gasteiger partial charge in [-0.1, -0.05) is 12.1 Å². The molecule has 1 aliphatic rings. The Hall–Kier alpha value is -3.38. The van der Waals surface area contributed by atoms with E-state index in [1.165, 1.54) is 12.1 Å². The van der Waals surface area contributed by atoms with E-state index in [0.29, 0.717) is 16.9 Å². The number of nitro benzene ring substituents is 1. The summed E-state index contributed by atoms with van der Waals surface area (Å²) in [4.78, 5) is 35.8. The molecule has 0 saturated carbocycles. The van der Waals surface area contributed by atoms with Crippen LogP contribution in [0.25, 0.3) is 0 Å². The van der Waals surface area contributed by atoms with Crippen molar-refractivity contribution in [1.82, 2.24) is 19.9 Å². The van der Waals surface area contributed by atoms with Gasteiger partial charge in [-0.05, 0) is 30.0 Å². The van der Waals surface area contributed by atoms with Crippen molar-refractivity contribution in [2.75, 3.05) is 12.4 Å². The number of aromatic nitrogens is 4. The monoisotopic (exact) mass is 416 g/mol. The van der Waals surface area contributed by atoms with Crippen LogP contribution in [0.1, 0.15) is 22.6 Å². The molecule has 0 bridgehead atoms. The van der Waals surface area contributed by atoms with Crippen LogP contribution in [0.3, 0.4) is 0 Å². The summed E-state index contributed by atoms with van der Waals surface area (Å²) < 4.78 is 6.08. The molecule has 142 valence electrons. The topological polar surface area (TPSA) is 142 Å². The fourth-order valence-electron chi connectivity index (χ4n) is 3.19. The second kappa shape index (κ2) is 6.65. The minimum Gasteiger partial charge on any atom is -0.422 e. The number of H-pyrrole nitrogens is 3. The number of nitrogens with one attached hydrogen (secondary N) is 4. The van der Waals surface area contributed by atoms with Gasteiger partial charge >= 0.3 is 0 Å². The van der Waals surface area contributed by atoms with Gasteiger partial charge in [-0.25, -0.2) is 0 Å². The Balaban J connectivity index is 2.04. The number of aromatic amines is 3. The van der Waals surface area contributed by atoms with Crippen molar-refractivity contribution < 1.29 is 9.66 Å². The summed E-state index contributed by atoms with van der Waals surface area (Å²) in [6.07, 6.45) is 0. The summed E-state index contributed by atoms with van der Waals surface area (Å²) >= 11 is 10.2. The third-order valence-electron chi connectivity index (χ3n) is 4.34. The van der Waals surface area contributed by atoms with E-state index in [0.717, 1.165) is 0 Å². The van der Waals surface area contributed by atoms with Crippen molar-refractivity contribution in [3.8, 4) is 11.8 Å². The van der Waals surface area contributed by atoms with Crippen LogP contribution in [0, 0.1) is 19.7 Å². The lowest BCUT2D eigenvalue weighted by atomic mass is 9.85. The number of hydrogen-bond acceptors (Lipinski definition) is 8. The Bertz CT molecular complexity index is 1280. The molecule has 1 unspecified atom stereocenters. The molecular weight excluding hydrogens is 404 g/mol. The van der Waals surface area contributed by atoms with Crippen molar-refractivity contribution in [2.45, 2.75) is 5.92 Å². The molecule has 12 heteroatoms. The molecule has 0 fully saturated rings. The Morgan fingerprint density at radius 3 is 2.54 bits per heavy atom. The first-order chi connectivity index (χ1) is 13.4. The standard InChI is InChI=1S/C16H12N6O4S2/c1-17-11-9-8(6-2-4-7(5-3-6)22(24)25)10-12(23)19-16(28)21-14(10)26-13(9)20-15(27)18-11/h2-5,8H,1H3,(H2,17,18,20,27)(H2,19,21,23,28). The molecule has 1 aliphatic heterocycles. The van der Waals surface area contributed by atoms with Gasteiger partial charge in [-0.2, -0.15) is 4.98 Å². The van der Waals surface area contributed by atoms with E-state index in [-0.39, 0.29) is 32.6 Å². The summed E-state index contributed by atoms with van der Waals surface area (Å²) in [5, 5.41) is 14.0. The lowest BCUT2D eigenvalue weighted by Gasteiger charge is -2.28. The molecule has 0 aliphatic carbocycles. The predicted molar refractivity (Wildman–Crippen MR) is 105 cm³/mol. The molecule has 0 radical (unpaired) electrons. The van der Waals surface area contributed by atoms with Gasteiger partial charge in [0.2, 0.25) is 16.5 Å². The van der Waals surface area contributed by atoms with Gasteiger partial charge in [-0.15, -0.1) is 0 Å². The number of hydrogen-bond donors (Lipinski definition) is 4. The third kappa shape index (κ3) is 2.88. The quantitative estimate of drug-likeness (QED) is 0.227. The van der Waals surface area contributed by atoms with Crippen LogP contribution >= 0.6 is 24.4 Å². The number of benzene rings is 1. The number of rotatable bonds is 3. The highest BCUT2D eigenvalue weighted by molar-refractivity contribution is 7.71. The zero-order valence-electron chi connectivity index (χ0n) is 14.2. The molecule has 0 spiro atoms. The Morgan fingerprint density at radius 2 is 1.89 bits per heavy atom. The lowest BCUT2D eigenvalue weighted by Crippen LogP contribution is -2.25. The number of nitrogens with zero attached hydrogens (tertiary/aromatic N) is 2. The minimum atomic E-state index is -0.628. The largest absolute Gasteiger partial charge is 0.422 e. The van der Waals surface area contributed by atoms with Crippen LogP contribution in [0.15, 0.2) is 29.1 Å². The first kappa shape index (κ1) is 18.0. The van der Waals surface area contributed by atoms with Gasteiger partial charge in [0.05, 0.1) is 22.0 Å². The maximum Gasteiger partial charge on any atom is 0.269 e. The number of ether oxygens (including phenoxy) is 1. The van der Waals surface area contributed by atoms with Crippen LogP contribution in [0.4, 0.5) is 11.5 Å². The summed E-state index contributed by atoms with van der Waals surface area (Å²) in [7, 11) is 1.69. The molecule has 0 saturated heterocycles. The highest BCUT2D eigenvalue weighted by atomic mass is 32.1. The molecule has 2 aromatic heterocycles. The fourth-order valence-corrected chi connectivity index (χ4v) is 3.56. The maximum absolute atomic E-state index is 12.7. The van der Waals surface area contributed by atoms with Crippen LogP contribution in [0.2, 0.25) is 0 Å². The van der Waals surface area contributed by atoms with Crippen molar-refractivity contribution in [3.63, 3.8) is 0 Å². The van der Waals surface area contributed by atoms with Crippen LogP contribution in [0.5, 0.6) is 11.8 Å². The molecular formula is C16H12N6O4S2. The van der Waals surface area contributed by atoms with Gasteiger partial charge < -0.3 is 20.0 Å². The van der Waals surface area contributed by atoms with Crippen LogP contribution in [-0.4, -0.2) is 31.9 Å². The van der Waals surface area contributed by atoms with Crippen molar-refractivity contribution in [3.05, 3.63) is 71.0 Å². The molecule has 1 aromatic carbocycles. The van der Waals surface area contributed by atoms with Gasteiger partial charge in [-0.3, -0.25) is 19.9 Å². The second-order valence-electron chi connectivity index (χ2n) is 5.92. The molecule has 4 N–H and O–H groups in total. The number of non-ortho nitro benzene ring substituents is 1. The fraction of sp³-hybridized carbons (Fsp3) is 0.125. The molecule has 0 amide bonds. The molecule has 3 aromatic rings. The summed E-state index contributed by atoms with van der Waals surface area (Å²) in [5.41, 5.74) is 0.970. The van der Waals surface area contributed by atoms with Gasteiger partial charge in [0.15, 0.2) is 4.77 Å². The molecule has 1 atom stereocenters. The number of anilines is 1. The third-order valence-corrected chi connectivity index (χ3v) is 4.74. The van der Waals surface area contributed by atoms with E-state index in [9.17, 15) is 14.9 Å². The van der Waals surface area contributed by atoms with Gasteiger partial charge in [0.25, 0.3) is 11.2 Å². The SMILES string of the molecule is CNc1[nH]c(=S)nc2c1C(c1ccc([N+](=O)[O-])cc1)c1c([nH]c(=S)[nH]c1=O)O2. The number of nitro groups is 1. The first-order valence-electron chi connectivity index (χ1n) is 7.99. The normalized spacial score (nSPS) is 14.5. The smallest absolute Gasteiger partial charge is 0.269 e. The average Bonchev–Trinajstić information content (AvgIpc) is 2.65. The molecule has 28 heavy (non-hydrogen) atoms. The zero-order valence-corrected chi connectivity index (χ0v) is 15.9. The Morgan fingerprint density at radius 1 is 1.18 bits per heavy atom. The molecule has 10 nitrogen and oxygen atoms in total. The van der Waals surface area contributed by atoms with E-state index in [4.69, 9.17) is 29.2 Å².